The summed E-state index contributed by atoms with van der Waals surface area (Å²) in [6, 6.07) is 25.7. The Hall–Kier alpha value is -4.53. The van der Waals surface area contributed by atoms with Crippen LogP contribution in [0.4, 0.5) is 16.3 Å². The zero-order valence-corrected chi connectivity index (χ0v) is 25.2. The number of hydrogen-bond acceptors (Lipinski definition) is 5. The molecule has 3 heterocycles. The molecule has 0 aliphatic carbocycles. The van der Waals surface area contributed by atoms with Gasteiger partial charge in [0.15, 0.2) is 0 Å². The molecule has 1 aliphatic heterocycles. The first kappa shape index (κ1) is 28.6. The summed E-state index contributed by atoms with van der Waals surface area (Å²) in [5.41, 5.74) is 12.5. The predicted octanol–water partition coefficient (Wildman–Crippen LogP) is 6.74. The third-order valence-electron chi connectivity index (χ3n) is 7.94. The van der Waals surface area contributed by atoms with E-state index in [-0.39, 0.29) is 5.41 Å². The van der Waals surface area contributed by atoms with Gasteiger partial charge in [-0.25, -0.2) is 14.4 Å². The average Bonchev–Trinajstić information content (AvgIpc) is 3.44. The SMILES string of the molecule is Cc1ccc(-n2nc(C(C)(C)C)cc2N(C(N)=O)c2ccc(-c3ccc(CN4CCOCC4)cn3)c3ccccc23)cc1. The van der Waals surface area contributed by atoms with Crippen molar-refractivity contribution >= 4 is 28.3 Å². The highest BCUT2D eigenvalue weighted by Crippen LogP contribution is 2.39. The molecule has 220 valence electrons. The highest BCUT2D eigenvalue weighted by atomic mass is 16.5. The van der Waals surface area contributed by atoms with Crippen molar-refractivity contribution in [3.05, 3.63) is 102 Å². The van der Waals surface area contributed by atoms with E-state index in [1.165, 1.54) is 5.56 Å². The molecule has 0 atom stereocenters. The highest BCUT2D eigenvalue weighted by Gasteiger charge is 2.28. The lowest BCUT2D eigenvalue weighted by Crippen LogP contribution is -2.35. The van der Waals surface area contributed by atoms with Gasteiger partial charge in [-0.05, 0) is 42.1 Å². The van der Waals surface area contributed by atoms with Crippen LogP contribution in [0.3, 0.4) is 0 Å². The van der Waals surface area contributed by atoms with E-state index in [1.807, 2.05) is 78.5 Å². The Morgan fingerprint density at radius 3 is 2.33 bits per heavy atom. The van der Waals surface area contributed by atoms with Gasteiger partial charge in [0.2, 0.25) is 0 Å². The Morgan fingerprint density at radius 1 is 0.953 bits per heavy atom. The fraction of sp³-hybridized carbons (Fsp3) is 0.286. The molecule has 2 aromatic heterocycles. The van der Waals surface area contributed by atoms with E-state index in [4.69, 9.17) is 20.6 Å². The number of nitrogens with zero attached hydrogens (tertiary/aromatic N) is 5. The highest BCUT2D eigenvalue weighted by molar-refractivity contribution is 6.10. The number of pyridine rings is 1. The Kier molecular flexibility index (Phi) is 7.73. The summed E-state index contributed by atoms with van der Waals surface area (Å²) < 4.78 is 7.29. The van der Waals surface area contributed by atoms with Crippen molar-refractivity contribution in [1.82, 2.24) is 19.7 Å². The van der Waals surface area contributed by atoms with Gasteiger partial charge in [-0.3, -0.25) is 9.88 Å². The van der Waals surface area contributed by atoms with Crippen LogP contribution < -0.4 is 10.6 Å². The lowest BCUT2D eigenvalue weighted by atomic mass is 9.92. The van der Waals surface area contributed by atoms with E-state index >= 15 is 0 Å². The molecule has 8 nitrogen and oxygen atoms in total. The Labute approximate surface area is 252 Å². The zero-order valence-electron chi connectivity index (χ0n) is 25.2. The van der Waals surface area contributed by atoms with Gasteiger partial charge in [-0.1, -0.05) is 74.9 Å². The topological polar surface area (TPSA) is 89.5 Å². The maximum Gasteiger partial charge on any atom is 0.325 e. The number of fused-ring (bicyclic) bond motifs is 1. The summed E-state index contributed by atoms with van der Waals surface area (Å²) in [6.45, 7) is 12.6. The Morgan fingerprint density at radius 2 is 1.67 bits per heavy atom. The van der Waals surface area contributed by atoms with Crippen LogP contribution in [0, 0.1) is 6.92 Å². The van der Waals surface area contributed by atoms with Crippen LogP contribution >= 0.6 is 0 Å². The van der Waals surface area contributed by atoms with E-state index in [9.17, 15) is 4.79 Å². The number of anilines is 2. The molecular weight excluding hydrogens is 536 g/mol. The standard InChI is InChI=1S/C35H38N6O2/c1-24-9-12-26(13-10-24)41-33(21-32(38-41)35(2,3)4)40(34(36)42)31-16-14-28(27-7-5-6-8-29(27)31)30-15-11-25(22-37-30)23-39-17-19-43-20-18-39/h5-16,21-22H,17-20,23H2,1-4H3,(H2,36,42). The lowest BCUT2D eigenvalue weighted by Gasteiger charge is -2.26. The van der Waals surface area contributed by atoms with E-state index in [0.29, 0.717) is 11.5 Å². The van der Waals surface area contributed by atoms with Crippen LogP contribution in [0.1, 0.15) is 37.6 Å². The molecule has 0 radical (unpaired) electrons. The predicted molar refractivity (Wildman–Crippen MR) is 172 cm³/mol. The third-order valence-corrected chi connectivity index (χ3v) is 7.94. The second kappa shape index (κ2) is 11.6. The number of primary amides is 1. The molecule has 1 saturated heterocycles. The molecule has 2 amide bonds. The van der Waals surface area contributed by atoms with Crippen LogP contribution in [0.25, 0.3) is 27.7 Å². The molecule has 0 saturated carbocycles. The van der Waals surface area contributed by atoms with Gasteiger partial charge in [0.25, 0.3) is 0 Å². The van der Waals surface area contributed by atoms with Crippen LogP contribution in [0.5, 0.6) is 0 Å². The minimum atomic E-state index is -0.586. The number of morpholine rings is 1. The van der Waals surface area contributed by atoms with Gasteiger partial charge in [0, 0.05) is 48.3 Å². The van der Waals surface area contributed by atoms with Crippen molar-refractivity contribution in [3.8, 4) is 16.9 Å². The molecule has 6 rings (SSSR count). The number of carbonyl (C=O) groups excluding carboxylic acids is 1. The summed E-state index contributed by atoms with van der Waals surface area (Å²) in [6.07, 6.45) is 1.96. The van der Waals surface area contributed by atoms with Crippen molar-refractivity contribution in [1.29, 1.82) is 0 Å². The minimum absolute atomic E-state index is 0.237. The van der Waals surface area contributed by atoms with Crippen molar-refractivity contribution in [2.45, 2.75) is 39.7 Å². The molecule has 5 aromatic rings. The largest absolute Gasteiger partial charge is 0.379 e. The minimum Gasteiger partial charge on any atom is -0.379 e. The van der Waals surface area contributed by atoms with Gasteiger partial charge in [-0.15, -0.1) is 0 Å². The number of urea groups is 1. The van der Waals surface area contributed by atoms with E-state index in [2.05, 4.69) is 43.9 Å². The Balaban J connectivity index is 1.43. The van der Waals surface area contributed by atoms with Gasteiger partial charge >= 0.3 is 6.03 Å². The molecule has 2 N–H and O–H groups in total. The fourth-order valence-electron chi connectivity index (χ4n) is 5.52. The van der Waals surface area contributed by atoms with Crippen molar-refractivity contribution in [2.24, 2.45) is 5.73 Å². The van der Waals surface area contributed by atoms with Gasteiger partial charge in [-0.2, -0.15) is 5.10 Å². The molecule has 8 heteroatoms. The summed E-state index contributed by atoms with van der Waals surface area (Å²) >= 11 is 0. The molecule has 0 spiro atoms. The summed E-state index contributed by atoms with van der Waals surface area (Å²) in [5.74, 6) is 0.588. The number of aryl methyl sites for hydroxylation is 1. The average molecular weight is 575 g/mol. The summed E-state index contributed by atoms with van der Waals surface area (Å²) in [5, 5.41) is 6.83. The van der Waals surface area contributed by atoms with Crippen molar-refractivity contribution < 1.29 is 9.53 Å². The molecule has 0 bridgehead atoms. The van der Waals surface area contributed by atoms with E-state index < -0.39 is 6.03 Å². The first-order valence-corrected chi connectivity index (χ1v) is 14.7. The third kappa shape index (κ3) is 5.89. The smallest absolute Gasteiger partial charge is 0.325 e. The number of nitrogens with two attached hydrogens (primary N) is 1. The first-order valence-electron chi connectivity index (χ1n) is 14.7. The molecule has 1 aliphatic rings. The van der Waals surface area contributed by atoms with Gasteiger partial charge in [0.05, 0.1) is 36.0 Å². The van der Waals surface area contributed by atoms with E-state index in [1.54, 1.807) is 4.90 Å². The quantitative estimate of drug-likeness (QED) is 0.243. The second-order valence-electron chi connectivity index (χ2n) is 12.2. The van der Waals surface area contributed by atoms with Gasteiger partial charge in [0.1, 0.15) is 5.82 Å². The Bertz CT molecular complexity index is 1750. The number of aromatic nitrogens is 3. The normalized spacial score (nSPS) is 14.2. The van der Waals surface area contributed by atoms with Crippen LogP contribution in [0.2, 0.25) is 0 Å². The monoisotopic (exact) mass is 574 g/mol. The molecular formula is C35H38N6O2. The first-order chi connectivity index (χ1) is 20.7. The molecule has 3 aromatic carbocycles. The zero-order chi connectivity index (χ0) is 30.1. The van der Waals surface area contributed by atoms with Gasteiger partial charge < -0.3 is 10.5 Å². The molecule has 43 heavy (non-hydrogen) atoms. The van der Waals surface area contributed by atoms with Crippen LogP contribution in [0.15, 0.2) is 85.1 Å². The number of amides is 2. The van der Waals surface area contributed by atoms with Crippen molar-refractivity contribution in [3.63, 3.8) is 0 Å². The maximum absolute atomic E-state index is 13.3. The molecule has 1 fully saturated rings. The second-order valence-corrected chi connectivity index (χ2v) is 12.2. The van der Waals surface area contributed by atoms with E-state index in [0.717, 1.165) is 71.8 Å². The van der Waals surface area contributed by atoms with Crippen LogP contribution in [-0.4, -0.2) is 52.0 Å². The summed E-state index contributed by atoms with van der Waals surface area (Å²) in [7, 11) is 0. The number of rotatable bonds is 6. The van der Waals surface area contributed by atoms with Crippen LogP contribution in [-0.2, 0) is 16.7 Å². The number of ether oxygens (including phenoxy) is 1. The number of carbonyl (C=O) groups is 1. The maximum atomic E-state index is 13.3. The lowest BCUT2D eigenvalue weighted by molar-refractivity contribution is 0.0341. The summed E-state index contributed by atoms with van der Waals surface area (Å²) in [4.78, 5) is 22.1. The fourth-order valence-corrected chi connectivity index (χ4v) is 5.52. The number of hydrogen-bond donors (Lipinski definition) is 1. The molecule has 0 unspecified atom stereocenters. The number of benzene rings is 3. The van der Waals surface area contributed by atoms with Crippen molar-refractivity contribution in [2.75, 3.05) is 31.2 Å².